The zero-order valence-corrected chi connectivity index (χ0v) is 11.3. The van der Waals surface area contributed by atoms with E-state index in [9.17, 15) is 24.1 Å². The van der Waals surface area contributed by atoms with Crippen LogP contribution < -0.4 is 11.1 Å². The highest BCUT2D eigenvalue weighted by molar-refractivity contribution is 5.93. The molecule has 0 saturated heterocycles. The lowest BCUT2D eigenvalue weighted by Gasteiger charge is -2.21. The largest absolute Gasteiger partial charge is 0.477 e. The van der Waals surface area contributed by atoms with Gasteiger partial charge in [-0.05, 0) is 19.9 Å². The Bertz CT molecular complexity index is 615. The molecule has 0 unspecified atom stereocenters. The van der Waals surface area contributed by atoms with E-state index in [-0.39, 0.29) is 12.2 Å². The van der Waals surface area contributed by atoms with Crippen LogP contribution in [-0.4, -0.2) is 28.5 Å². The normalized spacial score (nSPS) is 11.0. The summed E-state index contributed by atoms with van der Waals surface area (Å²) in [6, 6.07) is 1.33. The molecule has 0 saturated carbocycles. The third kappa shape index (κ3) is 3.65. The summed E-state index contributed by atoms with van der Waals surface area (Å²) in [7, 11) is 0. The maximum absolute atomic E-state index is 13.8. The lowest BCUT2D eigenvalue weighted by atomic mass is 9.92. The van der Waals surface area contributed by atoms with Gasteiger partial charge in [-0.15, -0.1) is 0 Å². The average molecular weight is 299 g/mol. The van der Waals surface area contributed by atoms with Crippen molar-refractivity contribution in [2.45, 2.75) is 13.8 Å². The lowest BCUT2D eigenvalue weighted by Crippen LogP contribution is -2.37. The van der Waals surface area contributed by atoms with Crippen molar-refractivity contribution < 1.29 is 24.0 Å². The van der Waals surface area contributed by atoms with Gasteiger partial charge in [0.1, 0.15) is 5.56 Å². The van der Waals surface area contributed by atoms with E-state index in [1.807, 2.05) is 0 Å². The molecule has 0 aliphatic carbocycles. The third-order valence-corrected chi connectivity index (χ3v) is 2.90. The molecule has 1 aromatic carbocycles. The Morgan fingerprint density at radius 2 is 2.05 bits per heavy atom. The van der Waals surface area contributed by atoms with Crippen LogP contribution in [0.15, 0.2) is 12.1 Å². The van der Waals surface area contributed by atoms with Gasteiger partial charge in [0.2, 0.25) is 5.91 Å². The molecule has 9 heteroatoms. The lowest BCUT2D eigenvalue weighted by molar-refractivity contribution is -0.385. The number of nitro benzene ring substituents is 1. The average Bonchev–Trinajstić information content (AvgIpc) is 2.36. The Hall–Kier alpha value is -2.71. The number of halogens is 1. The second-order valence-electron chi connectivity index (χ2n) is 5.01. The number of nitrogens with zero attached hydrogens (tertiary/aromatic N) is 1. The van der Waals surface area contributed by atoms with E-state index in [2.05, 4.69) is 5.32 Å². The molecule has 0 atom stereocenters. The number of aromatic carboxylic acids is 1. The number of nitro groups is 1. The predicted molar refractivity (Wildman–Crippen MR) is 71.5 cm³/mol. The molecular formula is C12H14FN3O5. The van der Waals surface area contributed by atoms with Gasteiger partial charge in [0, 0.05) is 6.54 Å². The van der Waals surface area contributed by atoms with Gasteiger partial charge in [-0.1, -0.05) is 0 Å². The molecule has 0 aliphatic rings. The van der Waals surface area contributed by atoms with Gasteiger partial charge in [-0.25, -0.2) is 9.18 Å². The van der Waals surface area contributed by atoms with Crippen molar-refractivity contribution in [1.82, 2.24) is 0 Å². The number of nitrogens with one attached hydrogen (secondary N) is 1. The Labute approximate surface area is 118 Å². The SMILES string of the molecule is CC(C)(CNc1cc(C(=O)O)c([N+](=O)[O-])cc1F)C(N)=O. The molecule has 0 fully saturated rings. The first-order chi connectivity index (χ1) is 9.56. The summed E-state index contributed by atoms with van der Waals surface area (Å²) < 4.78 is 13.8. The van der Waals surface area contributed by atoms with Crippen molar-refractivity contribution in [2.24, 2.45) is 11.1 Å². The summed E-state index contributed by atoms with van der Waals surface area (Å²) in [6.07, 6.45) is 0. The standard InChI is InChI=1S/C12H14FN3O5/c1-12(2,11(14)19)5-15-8-3-6(10(17)18)9(16(20)21)4-7(8)13/h3-4,15H,5H2,1-2H3,(H2,14,19)(H,17,18). The van der Waals surface area contributed by atoms with Crippen molar-refractivity contribution in [3.8, 4) is 0 Å². The molecule has 4 N–H and O–H groups in total. The number of carboxylic acids is 1. The molecule has 0 spiro atoms. The van der Waals surface area contributed by atoms with Crippen molar-refractivity contribution in [3.63, 3.8) is 0 Å². The number of amides is 1. The highest BCUT2D eigenvalue weighted by Crippen LogP contribution is 2.27. The van der Waals surface area contributed by atoms with E-state index in [4.69, 9.17) is 10.8 Å². The van der Waals surface area contributed by atoms with Crippen molar-refractivity contribution >= 4 is 23.3 Å². The number of primary amides is 1. The number of anilines is 1. The fraction of sp³-hybridized carbons (Fsp3) is 0.333. The molecule has 0 bridgehead atoms. The highest BCUT2D eigenvalue weighted by Gasteiger charge is 2.27. The number of carbonyl (C=O) groups excluding carboxylic acids is 1. The molecule has 21 heavy (non-hydrogen) atoms. The first-order valence-corrected chi connectivity index (χ1v) is 5.81. The number of benzene rings is 1. The van der Waals surface area contributed by atoms with Crippen molar-refractivity contribution in [2.75, 3.05) is 11.9 Å². The number of carboxylic acid groups (broad SMARTS) is 1. The molecule has 0 heterocycles. The minimum absolute atomic E-state index is 0.0594. The molecule has 0 aliphatic heterocycles. The summed E-state index contributed by atoms with van der Waals surface area (Å²) in [6.45, 7) is 2.98. The molecule has 1 amide bonds. The summed E-state index contributed by atoms with van der Waals surface area (Å²) >= 11 is 0. The van der Waals surface area contributed by atoms with Gasteiger partial charge < -0.3 is 16.2 Å². The van der Waals surface area contributed by atoms with Gasteiger partial charge >= 0.3 is 5.97 Å². The second-order valence-corrected chi connectivity index (χ2v) is 5.01. The first kappa shape index (κ1) is 16.3. The Morgan fingerprint density at radius 3 is 2.48 bits per heavy atom. The van der Waals surface area contributed by atoms with Crippen LogP contribution >= 0.6 is 0 Å². The van der Waals surface area contributed by atoms with E-state index in [0.29, 0.717) is 6.07 Å². The first-order valence-electron chi connectivity index (χ1n) is 5.81. The van der Waals surface area contributed by atoms with E-state index in [1.165, 1.54) is 13.8 Å². The smallest absolute Gasteiger partial charge is 0.342 e. The zero-order valence-electron chi connectivity index (χ0n) is 11.3. The van der Waals surface area contributed by atoms with Crippen molar-refractivity contribution in [3.05, 3.63) is 33.6 Å². The fourth-order valence-corrected chi connectivity index (χ4v) is 1.42. The summed E-state index contributed by atoms with van der Waals surface area (Å²) in [5, 5.41) is 22.1. The second kappa shape index (κ2) is 5.73. The zero-order chi connectivity index (χ0) is 16.4. The number of hydrogen-bond acceptors (Lipinski definition) is 5. The summed E-state index contributed by atoms with van der Waals surface area (Å²) in [5.74, 6) is -3.18. The van der Waals surface area contributed by atoms with Crippen LogP contribution in [0.2, 0.25) is 0 Å². The molecule has 0 aromatic heterocycles. The van der Waals surface area contributed by atoms with Crippen LogP contribution in [0.5, 0.6) is 0 Å². The minimum atomic E-state index is -1.56. The number of nitrogens with two attached hydrogens (primary N) is 1. The van der Waals surface area contributed by atoms with E-state index < -0.39 is 39.3 Å². The van der Waals surface area contributed by atoms with E-state index >= 15 is 0 Å². The minimum Gasteiger partial charge on any atom is -0.477 e. The Kier molecular flexibility index (Phi) is 4.46. The molecule has 8 nitrogen and oxygen atoms in total. The summed E-state index contributed by atoms with van der Waals surface area (Å²) in [5.41, 5.74) is 2.40. The molecule has 0 radical (unpaired) electrons. The quantitative estimate of drug-likeness (QED) is 0.536. The highest BCUT2D eigenvalue weighted by atomic mass is 19.1. The van der Waals surface area contributed by atoms with Crippen LogP contribution in [-0.2, 0) is 4.79 Å². The Morgan fingerprint density at radius 1 is 1.48 bits per heavy atom. The fourth-order valence-electron chi connectivity index (χ4n) is 1.42. The summed E-state index contributed by atoms with van der Waals surface area (Å²) in [4.78, 5) is 31.8. The third-order valence-electron chi connectivity index (χ3n) is 2.90. The van der Waals surface area contributed by atoms with E-state index in [0.717, 1.165) is 6.07 Å². The van der Waals surface area contributed by atoms with Gasteiger partial charge in [-0.3, -0.25) is 14.9 Å². The van der Waals surface area contributed by atoms with Crippen LogP contribution in [0, 0.1) is 21.3 Å². The van der Waals surface area contributed by atoms with Crippen molar-refractivity contribution in [1.29, 1.82) is 0 Å². The maximum Gasteiger partial charge on any atom is 0.342 e. The van der Waals surface area contributed by atoms with Gasteiger partial charge in [-0.2, -0.15) is 0 Å². The van der Waals surface area contributed by atoms with Crippen LogP contribution in [0.25, 0.3) is 0 Å². The van der Waals surface area contributed by atoms with Crippen LogP contribution in [0.3, 0.4) is 0 Å². The molecule has 1 aromatic rings. The Balaban J connectivity index is 3.15. The van der Waals surface area contributed by atoms with Gasteiger partial charge in [0.25, 0.3) is 5.69 Å². The molecular weight excluding hydrogens is 285 g/mol. The predicted octanol–water partition coefficient (Wildman–Crippen LogP) is 1.36. The number of hydrogen-bond donors (Lipinski definition) is 3. The van der Waals surface area contributed by atoms with Gasteiger partial charge in [0.15, 0.2) is 5.82 Å². The maximum atomic E-state index is 13.8. The monoisotopic (exact) mass is 299 g/mol. The molecule has 114 valence electrons. The number of carbonyl (C=O) groups is 2. The van der Waals surface area contributed by atoms with Crippen LogP contribution in [0.1, 0.15) is 24.2 Å². The molecule has 1 rings (SSSR count). The van der Waals surface area contributed by atoms with Gasteiger partial charge in [0.05, 0.1) is 22.1 Å². The van der Waals surface area contributed by atoms with E-state index in [1.54, 1.807) is 0 Å². The van der Waals surface area contributed by atoms with Crippen LogP contribution in [0.4, 0.5) is 15.8 Å². The number of rotatable bonds is 6. The topological polar surface area (TPSA) is 136 Å².